The monoisotopic (exact) mass is 179 g/mol. The summed E-state index contributed by atoms with van der Waals surface area (Å²) < 4.78 is 0. The standard InChI is InChI=1S/C8H9N3O2/c1-4-2-5-3-9-8(13)11-6(5)7(12)10-4/h1-3H2,(H,10,12)(H2,9,11,13). The zero-order chi connectivity index (χ0) is 9.42. The largest absolute Gasteiger partial charge is 0.334 e. The fourth-order valence-electron chi connectivity index (χ4n) is 1.41. The van der Waals surface area contributed by atoms with Crippen LogP contribution in [0.1, 0.15) is 6.42 Å². The van der Waals surface area contributed by atoms with Crippen molar-refractivity contribution >= 4 is 11.9 Å². The first-order valence-corrected chi connectivity index (χ1v) is 3.93. The number of allylic oxidation sites excluding steroid dienone is 1. The first kappa shape index (κ1) is 7.85. The van der Waals surface area contributed by atoms with E-state index in [4.69, 9.17) is 0 Å². The summed E-state index contributed by atoms with van der Waals surface area (Å²) in [7, 11) is 0. The Morgan fingerprint density at radius 1 is 1.23 bits per heavy atom. The molecule has 0 aromatic rings. The minimum atomic E-state index is -0.332. The van der Waals surface area contributed by atoms with Gasteiger partial charge in [0.2, 0.25) is 0 Å². The summed E-state index contributed by atoms with van der Waals surface area (Å²) in [6.07, 6.45) is 0.606. The van der Waals surface area contributed by atoms with Gasteiger partial charge in [0.25, 0.3) is 5.91 Å². The summed E-state index contributed by atoms with van der Waals surface area (Å²) in [5.41, 5.74) is 1.92. The van der Waals surface area contributed by atoms with E-state index < -0.39 is 0 Å². The molecular formula is C8H9N3O2. The van der Waals surface area contributed by atoms with Gasteiger partial charge < -0.3 is 16.0 Å². The summed E-state index contributed by atoms with van der Waals surface area (Å²) in [6, 6.07) is -0.332. The number of hydrogen-bond acceptors (Lipinski definition) is 2. The third-order valence-electron chi connectivity index (χ3n) is 2.00. The first-order valence-electron chi connectivity index (χ1n) is 3.93. The molecule has 0 saturated carbocycles. The Bertz CT molecular complexity index is 343. The van der Waals surface area contributed by atoms with Gasteiger partial charge in [-0.25, -0.2) is 4.79 Å². The zero-order valence-electron chi connectivity index (χ0n) is 6.94. The van der Waals surface area contributed by atoms with Gasteiger partial charge in [-0.15, -0.1) is 0 Å². The Morgan fingerprint density at radius 2 is 2.00 bits per heavy atom. The van der Waals surface area contributed by atoms with Crippen LogP contribution in [0.25, 0.3) is 0 Å². The second-order valence-electron chi connectivity index (χ2n) is 3.02. The number of carbonyl (C=O) groups is 2. The van der Waals surface area contributed by atoms with Gasteiger partial charge in [-0.2, -0.15) is 0 Å². The smallest absolute Gasteiger partial charge is 0.319 e. The van der Waals surface area contributed by atoms with Crippen LogP contribution in [0.4, 0.5) is 4.79 Å². The Hall–Kier alpha value is -1.78. The highest BCUT2D eigenvalue weighted by Crippen LogP contribution is 2.18. The van der Waals surface area contributed by atoms with Gasteiger partial charge in [0.05, 0.1) is 0 Å². The van der Waals surface area contributed by atoms with Crippen LogP contribution in [0, 0.1) is 0 Å². The maximum Gasteiger partial charge on any atom is 0.319 e. The molecule has 0 aromatic heterocycles. The summed E-state index contributed by atoms with van der Waals surface area (Å²) >= 11 is 0. The lowest BCUT2D eigenvalue weighted by Gasteiger charge is -2.26. The van der Waals surface area contributed by atoms with Crippen molar-refractivity contribution in [3.05, 3.63) is 23.5 Å². The van der Waals surface area contributed by atoms with Gasteiger partial charge in [0, 0.05) is 18.7 Å². The Morgan fingerprint density at radius 3 is 2.77 bits per heavy atom. The number of rotatable bonds is 0. The number of carbonyl (C=O) groups excluding carboxylic acids is 2. The Labute approximate surface area is 74.9 Å². The molecule has 0 atom stereocenters. The average Bonchev–Trinajstić information content (AvgIpc) is 2.06. The second-order valence-corrected chi connectivity index (χ2v) is 3.02. The minimum absolute atomic E-state index is 0.277. The fraction of sp³-hybridized carbons (Fsp3) is 0.250. The molecule has 3 N–H and O–H groups in total. The highest BCUT2D eigenvalue weighted by atomic mass is 16.2. The van der Waals surface area contributed by atoms with E-state index in [1.165, 1.54) is 0 Å². The molecule has 0 unspecified atom stereocenters. The van der Waals surface area contributed by atoms with Gasteiger partial charge >= 0.3 is 6.03 Å². The Balaban J connectivity index is 2.35. The summed E-state index contributed by atoms with van der Waals surface area (Å²) in [5, 5.41) is 7.62. The van der Waals surface area contributed by atoms with Crippen LogP contribution in [-0.2, 0) is 4.79 Å². The lowest BCUT2D eigenvalue weighted by molar-refractivity contribution is -0.117. The van der Waals surface area contributed by atoms with E-state index >= 15 is 0 Å². The average molecular weight is 179 g/mol. The molecule has 0 aliphatic carbocycles. The molecule has 0 fully saturated rings. The predicted octanol–water partition coefficient (Wildman–Crippen LogP) is -0.413. The van der Waals surface area contributed by atoms with Gasteiger partial charge in [-0.3, -0.25) is 4.79 Å². The quantitative estimate of drug-likeness (QED) is 0.473. The molecule has 0 bridgehead atoms. The Kier molecular flexibility index (Phi) is 1.58. The highest BCUT2D eigenvalue weighted by Gasteiger charge is 2.26. The van der Waals surface area contributed by atoms with Gasteiger partial charge in [-0.05, 0) is 5.57 Å². The number of amides is 3. The topological polar surface area (TPSA) is 70.2 Å². The molecule has 0 radical (unpaired) electrons. The highest BCUT2D eigenvalue weighted by molar-refractivity contribution is 6.00. The molecule has 5 nitrogen and oxygen atoms in total. The maximum atomic E-state index is 11.3. The molecule has 0 saturated heterocycles. The van der Waals surface area contributed by atoms with E-state index in [9.17, 15) is 9.59 Å². The SMILES string of the molecule is C=C1CC2=C(NC(=O)NC2)C(=O)N1. The van der Waals surface area contributed by atoms with E-state index in [1.807, 2.05) is 0 Å². The van der Waals surface area contributed by atoms with Crippen molar-refractivity contribution in [3.8, 4) is 0 Å². The second kappa shape index (κ2) is 2.62. The molecule has 2 rings (SSSR count). The normalized spacial score (nSPS) is 21.7. The molecular weight excluding hydrogens is 170 g/mol. The lowest BCUT2D eigenvalue weighted by atomic mass is 10.0. The number of urea groups is 1. The molecule has 0 spiro atoms. The van der Waals surface area contributed by atoms with Crippen molar-refractivity contribution in [1.82, 2.24) is 16.0 Å². The van der Waals surface area contributed by atoms with E-state index in [0.29, 0.717) is 24.4 Å². The number of nitrogens with one attached hydrogen (secondary N) is 3. The van der Waals surface area contributed by atoms with Gasteiger partial charge in [-0.1, -0.05) is 6.58 Å². The third kappa shape index (κ3) is 1.28. The number of hydrogen-bond donors (Lipinski definition) is 3. The molecule has 0 aromatic carbocycles. The molecule has 13 heavy (non-hydrogen) atoms. The minimum Gasteiger partial charge on any atom is -0.334 e. The summed E-state index contributed by atoms with van der Waals surface area (Å²) in [4.78, 5) is 22.2. The van der Waals surface area contributed by atoms with Crippen LogP contribution in [0.3, 0.4) is 0 Å². The molecule has 2 aliphatic rings. The van der Waals surface area contributed by atoms with E-state index in [0.717, 1.165) is 5.57 Å². The van der Waals surface area contributed by atoms with Crippen molar-refractivity contribution < 1.29 is 9.59 Å². The molecule has 3 amide bonds. The van der Waals surface area contributed by atoms with Crippen LogP contribution < -0.4 is 16.0 Å². The zero-order valence-corrected chi connectivity index (χ0v) is 6.94. The van der Waals surface area contributed by atoms with Crippen LogP contribution in [-0.4, -0.2) is 18.5 Å². The predicted molar refractivity (Wildman–Crippen MR) is 45.5 cm³/mol. The van der Waals surface area contributed by atoms with E-state index in [-0.39, 0.29) is 11.9 Å². The van der Waals surface area contributed by atoms with Crippen molar-refractivity contribution in [1.29, 1.82) is 0 Å². The fourth-order valence-corrected chi connectivity index (χ4v) is 1.41. The molecule has 2 heterocycles. The van der Waals surface area contributed by atoms with Gasteiger partial charge in [0.15, 0.2) is 0 Å². The maximum absolute atomic E-state index is 11.3. The van der Waals surface area contributed by atoms with Crippen molar-refractivity contribution in [2.24, 2.45) is 0 Å². The van der Waals surface area contributed by atoms with Crippen LogP contribution >= 0.6 is 0 Å². The van der Waals surface area contributed by atoms with Crippen molar-refractivity contribution in [3.63, 3.8) is 0 Å². The van der Waals surface area contributed by atoms with E-state index in [1.54, 1.807) is 0 Å². The molecule has 68 valence electrons. The van der Waals surface area contributed by atoms with Crippen LogP contribution in [0.15, 0.2) is 23.5 Å². The van der Waals surface area contributed by atoms with Gasteiger partial charge in [0.1, 0.15) is 5.70 Å². The van der Waals surface area contributed by atoms with Crippen molar-refractivity contribution in [2.75, 3.05) is 6.54 Å². The third-order valence-corrected chi connectivity index (χ3v) is 2.00. The van der Waals surface area contributed by atoms with Crippen LogP contribution in [0.2, 0.25) is 0 Å². The molecule has 2 aliphatic heterocycles. The first-order chi connectivity index (χ1) is 6.16. The van der Waals surface area contributed by atoms with E-state index in [2.05, 4.69) is 22.5 Å². The lowest BCUT2D eigenvalue weighted by Crippen LogP contribution is -2.48. The summed E-state index contributed by atoms with van der Waals surface area (Å²) in [6.45, 7) is 4.09. The van der Waals surface area contributed by atoms with Crippen LogP contribution in [0.5, 0.6) is 0 Å². The summed E-state index contributed by atoms with van der Waals surface area (Å²) in [5.74, 6) is -0.277. The van der Waals surface area contributed by atoms with Crippen molar-refractivity contribution in [2.45, 2.75) is 6.42 Å². The molecule has 5 heteroatoms.